The highest BCUT2D eigenvalue weighted by Crippen LogP contribution is 2.47. The third-order valence-electron chi connectivity index (χ3n) is 8.30. The minimum absolute atomic E-state index is 0.0380. The lowest BCUT2D eigenvalue weighted by Gasteiger charge is -2.43. The molecule has 0 amide bonds. The molecule has 36 heavy (non-hydrogen) atoms. The number of esters is 1. The van der Waals surface area contributed by atoms with Crippen LogP contribution in [-0.4, -0.2) is 19.7 Å². The molecule has 2 aliphatic rings. The van der Waals surface area contributed by atoms with E-state index in [4.69, 9.17) is 9.47 Å². The molecule has 3 heteroatoms. The lowest BCUT2D eigenvalue weighted by molar-refractivity contribution is -0.151. The normalized spacial score (nSPS) is 25.7. The number of carbonyl (C=O) groups excluding carboxylic acids is 1. The second-order valence-corrected chi connectivity index (χ2v) is 10.4. The molecule has 0 aliphatic heterocycles. The molecule has 0 saturated heterocycles. The molecular weight excluding hydrogens is 444 g/mol. The molecule has 186 valence electrons. The van der Waals surface area contributed by atoms with Crippen LogP contribution in [0.15, 0.2) is 103 Å². The second kappa shape index (κ2) is 10.8. The lowest BCUT2D eigenvalue weighted by Crippen LogP contribution is -2.41. The first-order valence-corrected chi connectivity index (χ1v) is 13.2. The van der Waals surface area contributed by atoms with Crippen molar-refractivity contribution < 1.29 is 14.3 Å². The number of methoxy groups -OCH3 is 1. The van der Waals surface area contributed by atoms with Crippen LogP contribution in [0.5, 0.6) is 0 Å². The van der Waals surface area contributed by atoms with Crippen LogP contribution in [0.1, 0.15) is 42.9 Å². The second-order valence-electron chi connectivity index (χ2n) is 10.4. The minimum Gasteiger partial charge on any atom is -0.469 e. The molecule has 0 heterocycles. The van der Waals surface area contributed by atoms with Crippen molar-refractivity contribution in [2.24, 2.45) is 29.6 Å². The molecule has 1 saturated carbocycles. The Balaban J connectivity index is 1.44. The number of hydrogen-bond donors (Lipinski definition) is 0. The van der Waals surface area contributed by atoms with Crippen LogP contribution in [-0.2, 0) is 19.9 Å². The number of fused-ring (bicyclic) bond motifs is 1. The quantitative estimate of drug-likeness (QED) is 0.207. The third kappa shape index (κ3) is 4.65. The van der Waals surface area contributed by atoms with E-state index in [9.17, 15) is 4.79 Å². The van der Waals surface area contributed by atoms with Crippen LogP contribution in [0.3, 0.4) is 0 Å². The van der Waals surface area contributed by atoms with E-state index in [1.807, 2.05) is 0 Å². The van der Waals surface area contributed by atoms with Crippen LogP contribution in [0.25, 0.3) is 0 Å². The largest absolute Gasteiger partial charge is 0.469 e. The summed E-state index contributed by atoms with van der Waals surface area (Å²) in [7, 11) is 1.51. The molecule has 3 aromatic carbocycles. The lowest BCUT2D eigenvalue weighted by atomic mass is 9.63. The topological polar surface area (TPSA) is 35.5 Å². The van der Waals surface area contributed by atoms with E-state index in [2.05, 4.69) is 110 Å². The van der Waals surface area contributed by atoms with Gasteiger partial charge in [0.05, 0.1) is 19.6 Å². The van der Waals surface area contributed by atoms with Crippen LogP contribution in [0.2, 0.25) is 0 Å². The number of allylic oxidation sites excluding steroid dienone is 2. The summed E-state index contributed by atoms with van der Waals surface area (Å²) in [5.41, 5.74) is 2.71. The van der Waals surface area contributed by atoms with Crippen molar-refractivity contribution in [3.63, 3.8) is 0 Å². The number of carbonyl (C=O) groups is 1. The number of rotatable bonds is 7. The number of ether oxygens (including phenoxy) is 2. The van der Waals surface area contributed by atoms with E-state index in [-0.39, 0.29) is 17.8 Å². The van der Waals surface area contributed by atoms with Crippen LogP contribution in [0.4, 0.5) is 0 Å². The van der Waals surface area contributed by atoms with Crippen molar-refractivity contribution in [1.82, 2.24) is 0 Å². The monoisotopic (exact) mass is 480 g/mol. The maximum absolute atomic E-state index is 12.6. The van der Waals surface area contributed by atoms with Gasteiger partial charge in [-0.05, 0) is 59.6 Å². The summed E-state index contributed by atoms with van der Waals surface area (Å²) in [5, 5.41) is 0. The summed E-state index contributed by atoms with van der Waals surface area (Å²) in [6.07, 6.45) is 7.69. The Bertz CT molecular complexity index is 1060. The van der Waals surface area contributed by atoms with E-state index >= 15 is 0 Å². The summed E-state index contributed by atoms with van der Waals surface area (Å²) in [6.45, 7) is 2.80. The number of benzene rings is 3. The summed E-state index contributed by atoms with van der Waals surface area (Å²) in [6, 6.07) is 31.7. The van der Waals surface area contributed by atoms with Gasteiger partial charge in [0.1, 0.15) is 5.60 Å². The first-order valence-electron chi connectivity index (χ1n) is 13.2. The molecule has 5 atom stereocenters. The van der Waals surface area contributed by atoms with E-state index in [1.54, 1.807) is 0 Å². The van der Waals surface area contributed by atoms with Crippen molar-refractivity contribution in [3.05, 3.63) is 120 Å². The van der Waals surface area contributed by atoms with Gasteiger partial charge in [0.25, 0.3) is 0 Å². The zero-order chi connectivity index (χ0) is 25.0. The van der Waals surface area contributed by atoms with Gasteiger partial charge in [0, 0.05) is 0 Å². The molecule has 2 aliphatic carbocycles. The van der Waals surface area contributed by atoms with Crippen molar-refractivity contribution in [3.8, 4) is 0 Å². The molecule has 3 nitrogen and oxygen atoms in total. The van der Waals surface area contributed by atoms with Gasteiger partial charge in [-0.25, -0.2) is 0 Å². The Hall–Kier alpha value is -3.17. The van der Waals surface area contributed by atoms with Crippen molar-refractivity contribution in [1.29, 1.82) is 0 Å². The third-order valence-corrected chi connectivity index (χ3v) is 8.30. The average Bonchev–Trinajstić information content (AvgIpc) is 2.95. The van der Waals surface area contributed by atoms with E-state index in [0.29, 0.717) is 24.4 Å². The molecule has 0 spiro atoms. The predicted octanol–water partition coefficient (Wildman–Crippen LogP) is 7.02. The summed E-state index contributed by atoms with van der Waals surface area (Å²) in [4.78, 5) is 12.6. The zero-order valence-corrected chi connectivity index (χ0v) is 21.3. The Kier molecular flexibility index (Phi) is 7.38. The van der Waals surface area contributed by atoms with Crippen LogP contribution < -0.4 is 0 Å². The molecule has 0 N–H and O–H groups in total. The SMILES string of the molecule is COC(=O)[C@H]1[C@@H]2CC[C@@H](COC(c3ccccc3)(c3ccccc3)c3ccccc3)C[C@@H]2C=C[C@@H]1C. The predicted molar refractivity (Wildman–Crippen MR) is 143 cm³/mol. The summed E-state index contributed by atoms with van der Waals surface area (Å²) < 4.78 is 12.3. The highest BCUT2D eigenvalue weighted by Gasteiger charge is 2.44. The highest BCUT2D eigenvalue weighted by atomic mass is 16.5. The maximum atomic E-state index is 12.6. The van der Waals surface area contributed by atoms with Gasteiger partial charge in [-0.2, -0.15) is 0 Å². The number of hydrogen-bond acceptors (Lipinski definition) is 3. The van der Waals surface area contributed by atoms with Gasteiger partial charge in [-0.15, -0.1) is 0 Å². The maximum Gasteiger partial charge on any atom is 0.309 e. The first-order chi connectivity index (χ1) is 17.6. The van der Waals surface area contributed by atoms with E-state index in [1.165, 1.54) is 7.11 Å². The molecule has 0 bridgehead atoms. The minimum atomic E-state index is -0.688. The summed E-state index contributed by atoms with van der Waals surface area (Å²) >= 11 is 0. The zero-order valence-electron chi connectivity index (χ0n) is 21.3. The standard InChI is InChI=1S/C33H36O3/c1-24-18-20-26-22-25(19-21-30(26)31(24)32(34)35-2)23-36-33(27-12-6-3-7-13-27,28-14-8-4-9-15-28)29-16-10-5-11-17-29/h3-18,20,24-26,30-31H,19,21-23H2,1-2H3/t24-,25+,26-,30+,31+/m0/s1. The van der Waals surface area contributed by atoms with Crippen LogP contribution >= 0.6 is 0 Å². The smallest absolute Gasteiger partial charge is 0.309 e. The van der Waals surface area contributed by atoms with Crippen molar-refractivity contribution in [2.75, 3.05) is 13.7 Å². The molecule has 0 radical (unpaired) electrons. The van der Waals surface area contributed by atoms with Crippen LogP contribution in [0, 0.1) is 29.6 Å². The Morgan fingerprint density at radius 2 is 1.33 bits per heavy atom. The van der Waals surface area contributed by atoms with Crippen molar-refractivity contribution in [2.45, 2.75) is 31.8 Å². The average molecular weight is 481 g/mol. The molecular formula is C33H36O3. The molecule has 5 rings (SSSR count). The Labute approximate surface area is 215 Å². The van der Waals surface area contributed by atoms with Gasteiger partial charge in [0.2, 0.25) is 0 Å². The van der Waals surface area contributed by atoms with Gasteiger partial charge in [-0.3, -0.25) is 4.79 Å². The Morgan fingerprint density at radius 1 is 0.806 bits per heavy atom. The van der Waals surface area contributed by atoms with Gasteiger partial charge in [0.15, 0.2) is 0 Å². The fraction of sp³-hybridized carbons (Fsp3) is 0.364. The first kappa shape index (κ1) is 24.5. The highest BCUT2D eigenvalue weighted by molar-refractivity contribution is 5.73. The van der Waals surface area contributed by atoms with Gasteiger partial charge >= 0.3 is 5.97 Å². The molecule has 3 aromatic rings. The van der Waals surface area contributed by atoms with E-state index in [0.717, 1.165) is 36.0 Å². The van der Waals surface area contributed by atoms with Gasteiger partial charge < -0.3 is 9.47 Å². The fourth-order valence-corrected chi connectivity index (χ4v) is 6.50. The fourth-order valence-electron chi connectivity index (χ4n) is 6.50. The molecule has 1 fully saturated rings. The Morgan fingerprint density at radius 3 is 1.83 bits per heavy atom. The summed E-state index contributed by atoms with van der Waals surface area (Å²) in [5.74, 6) is 1.31. The molecule has 0 aromatic heterocycles. The molecule has 0 unspecified atom stereocenters. The van der Waals surface area contributed by atoms with Gasteiger partial charge in [-0.1, -0.05) is 110 Å². The van der Waals surface area contributed by atoms with Crippen molar-refractivity contribution >= 4 is 5.97 Å². The van der Waals surface area contributed by atoms with E-state index < -0.39 is 5.60 Å².